The van der Waals surface area contributed by atoms with Gasteiger partial charge >= 0.3 is 5.97 Å². The predicted molar refractivity (Wildman–Crippen MR) is 68.8 cm³/mol. The van der Waals surface area contributed by atoms with Crippen LogP contribution in [0.25, 0.3) is 0 Å². The van der Waals surface area contributed by atoms with E-state index in [1.807, 2.05) is 12.1 Å². The van der Waals surface area contributed by atoms with E-state index in [4.69, 9.17) is 9.52 Å². The molecule has 0 spiro atoms. The van der Waals surface area contributed by atoms with Crippen molar-refractivity contribution in [3.05, 3.63) is 22.6 Å². The average molecular weight is 304 g/mol. The minimum Gasteiger partial charge on any atom is -0.481 e. The molecule has 1 heterocycles. The standard InChI is InChI=1S/C12H18BrNO3/c1-12(2,3)14(7-6-11(15)16)8-9-4-5-10(13)17-9/h4-5H,6-8H2,1-3H3,(H,15,16). The molecule has 1 aromatic rings. The molecule has 0 saturated carbocycles. The van der Waals surface area contributed by atoms with Gasteiger partial charge in [-0.25, -0.2) is 0 Å². The van der Waals surface area contributed by atoms with Crippen LogP contribution in [0.5, 0.6) is 0 Å². The first-order chi connectivity index (χ1) is 7.79. The first-order valence-electron chi connectivity index (χ1n) is 5.50. The minimum absolute atomic E-state index is 0.0886. The van der Waals surface area contributed by atoms with Crippen LogP contribution in [0.1, 0.15) is 33.0 Å². The molecule has 1 N–H and O–H groups in total. The molecule has 0 unspecified atom stereocenters. The lowest BCUT2D eigenvalue weighted by Gasteiger charge is -2.34. The van der Waals surface area contributed by atoms with Crippen LogP contribution in [0, 0.1) is 0 Å². The second kappa shape index (κ2) is 5.69. The molecule has 0 aliphatic rings. The summed E-state index contributed by atoms with van der Waals surface area (Å²) in [5.74, 6) is 0.0528. The van der Waals surface area contributed by atoms with Crippen LogP contribution in [0.4, 0.5) is 0 Å². The fraction of sp³-hybridized carbons (Fsp3) is 0.583. The summed E-state index contributed by atoms with van der Waals surface area (Å²) < 4.78 is 6.14. The average Bonchev–Trinajstić information content (AvgIpc) is 2.56. The molecule has 0 amide bonds. The van der Waals surface area contributed by atoms with E-state index in [9.17, 15) is 4.79 Å². The monoisotopic (exact) mass is 303 g/mol. The van der Waals surface area contributed by atoms with Gasteiger partial charge in [-0.05, 0) is 48.8 Å². The third-order valence-electron chi connectivity index (χ3n) is 2.52. The van der Waals surface area contributed by atoms with E-state index in [1.165, 1.54) is 0 Å². The summed E-state index contributed by atoms with van der Waals surface area (Å²) in [7, 11) is 0. The van der Waals surface area contributed by atoms with E-state index in [0.29, 0.717) is 17.8 Å². The van der Waals surface area contributed by atoms with Crippen molar-refractivity contribution in [3.63, 3.8) is 0 Å². The maximum Gasteiger partial charge on any atom is 0.304 e. The number of carbonyl (C=O) groups is 1. The molecule has 1 aromatic heterocycles. The van der Waals surface area contributed by atoms with Gasteiger partial charge in [0.05, 0.1) is 13.0 Å². The summed E-state index contributed by atoms with van der Waals surface area (Å²) >= 11 is 3.26. The Morgan fingerprint density at radius 3 is 2.53 bits per heavy atom. The molecule has 0 atom stereocenters. The lowest BCUT2D eigenvalue weighted by molar-refractivity contribution is -0.137. The third kappa shape index (κ3) is 4.91. The number of carboxylic acids is 1. The zero-order valence-electron chi connectivity index (χ0n) is 10.4. The van der Waals surface area contributed by atoms with Crippen LogP contribution >= 0.6 is 15.9 Å². The maximum absolute atomic E-state index is 10.6. The number of nitrogens with zero attached hydrogens (tertiary/aromatic N) is 1. The number of halogens is 1. The second-order valence-electron chi connectivity index (χ2n) is 4.94. The Morgan fingerprint density at radius 1 is 1.47 bits per heavy atom. The van der Waals surface area contributed by atoms with Crippen molar-refractivity contribution in [3.8, 4) is 0 Å². The van der Waals surface area contributed by atoms with Crippen LogP contribution in [0.2, 0.25) is 0 Å². The van der Waals surface area contributed by atoms with Crippen molar-refractivity contribution in [2.75, 3.05) is 6.54 Å². The molecule has 4 nitrogen and oxygen atoms in total. The SMILES string of the molecule is CC(C)(C)N(CCC(=O)O)Cc1ccc(Br)o1. The summed E-state index contributed by atoms with van der Waals surface area (Å²) in [6.07, 6.45) is 0.138. The molecule has 17 heavy (non-hydrogen) atoms. The van der Waals surface area contributed by atoms with Crippen LogP contribution in [0.15, 0.2) is 21.2 Å². The molecule has 0 saturated heterocycles. The quantitative estimate of drug-likeness (QED) is 0.908. The molecule has 0 bridgehead atoms. The van der Waals surface area contributed by atoms with E-state index >= 15 is 0 Å². The van der Waals surface area contributed by atoms with Crippen LogP contribution in [-0.4, -0.2) is 28.1 Å². The van der Waals surface area contributed by atoms with Crippen molar-refractivity contribution >= 4 is 21.9 Å². The van der Waals surface area contributed by atoms with Crippen molar-refractivity contribution < 1.29 is 14.3 Å². The van der Waals surface area contributed by atoms with Crippen molar-refractivity contribution in [1.29, 1.82) is 0 Å². The zero-order valence-corrected chi connectivity index (χ0v) is 12.0. The number of aliphatic carboxylic acids is 1. The summed E-state index contributed by atoms with van der Waals surface area (Å²) in [6, 6.07) is 3.73. The molecular weight excluding hydrogens is 286 g/mol. The van der Waals surface area contributed by atoms with Crippen LogP contribution in [-0.2, 0) is 11.3 Å². The molecule has 0 radical (unpaired) electrons. The molecule has 0 aliphatic heterocycles. The van der Waals surface area contributed by atoms with Gasteiger partial charge in [-0.3, -0.25) is 9.69 Å². The Hall–Kier alpha value is -0.810. The molecule has 96 valence electrons. The molecule has 0 aromatic carbocycles. The van der Waals surface area contributed by atoms with Gasteiger partial charge in [0.1, 0.15) is 5.76 Å². The lowest BCUT2D eigenvalue weighted by atomic mass is 10.1. The molecule has 1 rings (SSSR count). The number of hydrogen-bond acceptors (Lipinski definition) is 3. The van der Waals surface area contributed by atoms with E-state index in [-0.39, 0.29) is 12.0 Å². The van der Waals surface area contributed by atoms with Gasteiger partial charge in [0.2, 0.25) is 0 Å². The number of carboxylic acid groups (broad SMARTS) is 1. The van der Waals surface area contributed by atoms with Crippen molar-refractivity contribution in [1.82, 2.24) is 4.90 Å². The Bertz CT molecular complexity index is 381. The number of furan rings is 1. The first kappa shape index (κ1) is 14.3. The first-order valence-corrected chi connectivity index (χ1v) is 6.29. The fourth-order valence-corrected chi connectivity index (χ4v) is 1.85. The highest BCUT2D eigenvalue weighted by molar-refractivity contribution is 9.10. The highest BCUT2D eigenvalue weighted by Crippen LogP contribution is 2.21. The Morgan fingerprint density at radius 2 is 2.12 bits per heavy atom. The number of rotatable bonds is 5. The van der Waals surface area contributed by atoms with Crippen molar-refractivity contribution in [2.24, 2.45) is 0 Å². The highest BCUT2D eigenvalue weighted by Gasteiger charge is 2.23. The Kier molecular flexibility index (Phi) is 4.77. The summed E-state index contributed by atoms with van der Waals surface area (Å²) in [5, 5.41) is 8.74. The second-order valence-corrected chi connectivity index (χ2v) is 5.72. The van der Waals surface area contributed by atoms with Gasteiger partial charge in [0.15, 0.2) is 4.67 Å². The maximum atomic E-state index is 10.6. The van der Waals surface area contributed by atoms with Crippen LogP contribution < -0.4 is 0 Å². The molecular formula is C12H18BrNO3. The number of hydrogen-bond donors (Lipinski definition) is 1. The largest absolute Gasteiger partial charge is 0.481 e. The van der Waals surface area contributed by atoms with Gasteiger partial charge in [0.25, 0.3) is 0 Å². The fourth-order valence-electron chi connectivity index (χ4n) is 1.51. The zero-order chi connectivity index (χ0) is 13.1. The van der Waals surface area contributed by atoms with Gasteiger partial charge in [-0.15, -0.1) is 0 Å². The van der Waals surface area contributed by atoms with E-state index in [0.717, 1.165) is 5.76 Å². The molecule has 5 heteroatoms. The van der Waals surface area contributed by atoms with Gasteiger partial charge in [-0.2, -0.15) is 0 Å². The lowest BCUT2D eigenvalue weighted by Crippen LogP contribution is -2.41. The summed E-state index contributed by atoms with van der Waals surface area (Å²) in [5.41, 5.74) is -0.0886. The van der Waals surface area contributed by atoms with E-state index in [2.05, 4.69) is 41.6 Å². The Labute approximate surface area is 110 Å². The van der Waals surface area contributed by atoms with E-state index in [1.54, 1.807) is 0 Å². The van der Waals surface area contributed by atoms with Gasteiger partial charge < -0.3 is 9.52 Å². The van der Waals surface area contributed by atoms with Gasteiger partial charge in [-0.1, -0.05) is 0 Å². The van der Waals surface area contributed by atoms with Gasteiger partial charge in [0, 0.05) is 12.1 Å². The topological polar surface area (TPSA) is 53.7 Å². The normalized spacial score (nSPS) is 12.1. The highest BCUT2D eigenvalue weighted by atomic mass is 79.9. The molecule has 0 aliphatic carbocycles. The minimum atomic E-state index is -0.778. The van der Waals surface area contributed by atoms with Crippen LogP contribution in [0.3, 0.4) is 0 Å². The van der Waals surface area contributed by atoms with Crippen molar-refractivity contribution in [2.45, 2.75) is 39.3 Å². The third-order valence-corrected chi connectivity index (χ3v) is 2.95. The van der Waals surface area contributed by atoms with E-state index < -0.39 is 5.97 Å². The smallest absolute Gasteiger partial charge is 0.304 e. The predicted octanol–water partition coefficient (Wildman–Crippen LogP) is 3.12. The Balaban J connectivity index is 2.67. The summed E-state index contributed by atoms with van der Waals surface area (Å²) in [4.78, 5) is 12.7. The summed E-state index contributed by atoms with van der Waals surface area (Å²) in [6.45, 7) is 7.31. The molecule has 0 fully saturated rings.